The Morgan fingerprint density at radius 2 is 1.63 bits per heavy atom. The normalized spacial score (nSPS) is 20.6. The van der Waals surface area contributed by atoms with Gasteiger partial charge in [0.2, 0.25) is 17.7 Å². The molecule has 1 aromatic carbocycles. The molecular weight excluding hydrogens is 606 g/mol. The highest BCUT2D eigenvalue weighted by molar-refractivity contribution is 7.13. The number of aliphatic hydroxyl groups is 1. The molecule has 3 N–H and O–H groups in total. The van der Waals surface area contributed by atoms with E-state index in [0.717, 1.165) is 21.7 Å². The molecule has 46 heavy (non-hydrogen) atoms. The number of aliphatic hydroxyl groups excluding tert-OH is 1. The number of aryl methyl sites for hydroxylation is 1. The van der Waals surface area contributed by atoms with Crippen LogP contribution in [-0.4, -0.2) is 87.1 Å². The van der Waals surface area contributed by atoms with Gasteiger partial charge < -0.3 is 30.3 Å². The van der Waals surface area contributed by atoms with Crippen LogP contribution in [0.3, 0.4) is 0 Å². The third-order valence-electron chi connectivity index (χ3n) is 8.56. The molecule has 0 spiro atoms. The first-order valence-corrected chi connectivity index (χ1v) is 16.9. The summed E-state index contributed by atoms with van der Waals surface area (Å²) >= 11 is 1.58. The van der Waals surface area contributed by atoms with Gasteiger partial charge in [-0.3, -0.25) is 14.4 Å². The minimum atomic E-state index is -0.912. The average molecular weight is 656 g/mol. The molecule has 0 bridgehead atoms. The number of rotatable bonds is 7. The van der Waals surface area contributed by atoms with Gasteiger partial charge in [-0.05, 0) is 64.0 Å². The van der Waals surface area contributed by atoms with Gasteiger partial charge in [-0.1, -0.05) is 45.0 Å². The number of carbonyl (C=O) groups excluding carboxylic acids is 4. The molecule has 0 radical (unpaired) electrons. The lowest BCUT2D eigenvalue weighted by Gasteiger charge is -2.37. The largest absolute Gasteiger partial charge is 0.444 e. The van der Waals surface area contributed by atoms with E-state index in [4.69, 9.17) is 4.74 Å². The van der Waals surface area contributed by atoms with Gasteiger partial charge >= 0.3 is 6.09 Å². The molecule has 4 atom stereocenters. The zero-order valence-corrected chi connectivity index (χ0v) is 29.1. The predicted octanol–water partition coefficient (Wildman–Crippen LogP) is 4.44. The Kier molecular flexibility index (Phi) is 10.8. The fraction of sp³-hybridized carbons (Fsp3) is 0.618. The maximum absolute atomic E-state index is 14.0. The van der Waals surface area contributed by atoms with Crippen molar-refractivity contribution in [3.63, 3.8) is 0 Å². The third kappa shape index (κ3) is 8.64. The lowest BCUT2D eigenvalue weighted by molar-refractivity contribution is -0.145. The summed E-state index contributed by atoms with van der Waals surface area (Å²) in [7, 11) is 0. The monoisotopic (exact) mass is 655 g/mol. The lowest BCUT2D eigenvalue weighted by atomic mass is 9.84. The Balaban J connectivity index is 1.39. The standard InChI is InChI=1S/C34H49N5O6S/c1-20(22-9-11-23(12-10-22)27-21(2)35-19-46-27)36-30(42)26-17-25(40)18-39(26)31(43)28(33(3,4)5)37-29(41)24-13-15-38(16-14-24)32(44)45-34(6,7)8/h9-12,19-20,24-26,28,40H,13-18H2,1-8H3,(H,36,42)(H,37,41)/t20-,25?,26-,28+/m0/s1. The van der Waals surface area contributed by atoms with Crippen molar-refractivity contribution in [2.24, 2.45) is 11.3 Å². The van der Waals surface area contributed by atoms with Gasteiger partial charge in [0, 0.05) is 32.0 Å². The van der Waals surface area contributed by atoms with Gasteiger partial charge in [-0.25, -0.2) is 9.78 Å². The average Bonchev–Trinajstić information content (AvgIpc) is 3.59. The molecule has 1 unspecified atom stereocenters. The van der Waals surface area contributed by atoms with Crippen molar-refractivity contribution < 1.29 is 29.0 Å². The van der Waals surface area contributed by atoms with Crippen LogP contribution in [0, 0.1) is 18.3 Å². The van der Waals surface area contributed by atoms with Crippen molar-refractivity contribution in [3.05, 3.63) is 41.0 Å². The molecule has 12 heteroatoms. The van der Waals surface area contributed by atoms with E-state index >= 15 is 0 Å². The predicted molar refractivity (Wildman–Crippen MR) is 177 cm³/mol. The van der Waals surface area contributed by atoms with Gasteiger partial charge in [0.05, 0.1) is 28.2 Å². The van der Waals surface area contributed by atoms with Crippen LogP contribution in [0.1, 0.15) is 85.0 Å². The summed E-state index contributed by atoms with van der Waals surface area (Å²) in [5.74, 6) is -1.38. The first-order chi connectivity index (χ1) is 21.4. The summed E-state index contributed by atoms with van der Waals surface area (Å²) in [6, 6.07) is 5.83. The molecule has 2 aliphatic rings. The van der Waals surface area contributed by atoms with E-state index in [1.807, 2.05) is 85.2 Å². The van der Waals surface area contributed by atoms with E-state index in [1.54, 1.807) is 16.2 Å². The molecule has 1 aromatic heterocycles. The second-order valence-corrected chi connectivity index (χ2v) is 15.4. The topological polar surface area (TPSA) is 141 Å². The quantitative estimate of drug-likeness (QED) is 0.401. The van der Waals surface area contributed by atoms with Gasteiger partial charge in [-0.15, -0.1) is 11.3 Å². The summed E-state index contributed by atoms with van der Waals surface area (Å²) in [6.45, 7) is 15.7. The molecule has 3 heterocycles. The van der Waals surface area contributed by atoms with Crippen LogP contribution >= 0.6 is 11.3 Å². The minimum Gasteiger partial charge on any atom is -0.444 e. The van der Waals surface area contributed by atoms with Crippen LogP contribution < -0.4 is 10.6 Å². The number of hydrogen-bond acceptors (Lipinski definition) is 8. The highest BCUT2D eigenvalue weighted by atomic mass is 32.1. The van der Waals surface area contributed by atoms with Crippen LogP contribution in [0.4, 0.5) is 4.79 Å². The summed E-state index contributed by atoms with van der Waals surface area (Å²) in [5, 5.41) is 16.6. The van der Waals surface area contributed by atoms with Gasteiger partial charge in [-0.2, -0.15) is 0 Å². The Morgan fingerprint density at radius 1 is 1.00 bits per heavy atom. The van der Waals surface area contributed by atoms with Crippen LogP contribution in [-0.2, 0) is 19.1 Å². The number of hydrogen-bond donors (Lipinski definition) is 3. The number of likely N-dealkylation sites (tertiary alicyclic amines) is 2. The molecule has 2 fully saturated rings. The van der Waals surface area contributed by atoms with Crippen molar-refractivity contribution in [3.8, 4) is 10.4 Å². The third-order valence-corrected chi connectivity index (χ3v) is 9.54. The molecule has 252 valence electrons. The fourth-order valence-corrected chi connectivity index (χ4v) is 6.74. The molecule has 2 aliphatic heterocycles. The van der Waals surface area contributed by atoms with Crippen LogP contribution in [0.5, 0.6) is 0 Å². The first kappa shape index (κ1) is 35.3. The van der Waals surface area contributed by atoms with Crippen LogP contribution in [0.25, 0.3) is 10.4 Å². The summed E-state index contributed by atoms with van der Waals surface area (Å²) in [6.07, 6.45) is -0.241. The SMILES string of the molecule is Cc1ncsc1-c1ccc([C@H](C)NC(=O)[C@@H]2CC(O)CN2C(=O)[C@@H](NC(=O)C2CCN(C(=O)OC(C)(C)C)CC2)C(C)(C)C)cc1. The maximum atomic E-state index is 14.0. The minimum absolute atomic E-state index is 0.00489. The fourth-order valence-electron chi connectivity index (χ4n) is 5.93. The number of β-amino-alcohol motifs (C(OH)–C–C–N with tert-alkyl or cyclic N) is 1. The first-order valence-electron chi connectivity index (χ1n) is 16.0. The van der Waals surface area contributed by atoms with Gasteiger partial charge in [0.25, 0.3) is 0 Å². The van der Waals surface area contributed by atoms with Crippen molar-refractivity contribution >= 4 is 35.2 Å². The van der Waals surface area contributed by atoms with E-state index in [-0.39, 0.29) is 36.7 Å². The lowest BCUT2D eigenvalue weighted by Crippen LogP contribution is -2.59. The smallest absolute Gasteiger partial charge is 0.410 e. The summed E-state index contributed by atoms with van der Waals surface area (Å²) in [5.41, 5.74) is 3.49. The second kappa shape index (κ2) is 14.1. The van der Waals surface area contributed by atoms with Crippen molar-refractivity contribution in [1.29, 1.82) is 0 Å². The number of nitrogens with one attached hydrogen (secondary N) is 2. The Bertz CT molecular complexity index is 1400. The van der Waals surface area contributed by atoms with Crippen LogP contribution in [0.2, 0.25) is 0 Å². The zero-order valence-electron chi connectivity index (χ0n) is 28.3. The number of benzene rings is 1. The van der Waals surface area contributed by atoms with Gasteiger partial charge in [0.1, 0.15) is 17.7 Å². The van der Waals surface area contributed by atoms with E-state index in [9.17, 15) is 24.3 Å². The number of carbonyl (C=O) groups is 4. The van der Waals surface area contributed by atoms with Crippen molar-refractivity contribution in [1.82, 2.24) is 25.4 Å². The number of amides is 4. The molecule has 2 aromatic rings. The van der Waals surface area contributed by atoms with Crippen molar-refractivity contribution in [2.45, 2.75) is 104 Å². The molecule has 2 saturated heterocycles. The van der Waals surface area contributed by atoms with Crippen LogP contribution in [0.15, 0.2) is 29.8 Å². The summed E-state index contributed by atoms with van der Waals surface area (Å²) < 4.78 is 5.46. The molecule has 0 saturated carbocycles. The highest BCUT2D eigenvalue weighted by Gasteiger charge is 2.45. The number of aromatic nitrogens is 1. The van der Waals surface area contributed by atoms with E-state index in [1.165, 1.54) is 4.90 Å². The zero-order chi connectivity index (χ0) is 34.0. The maximum Gasteiger partial charge on any atom is 0.410 e. The molecular formula is C34H49N5O6S. The molecule has 11 nitrogen and oxygen atoms in total. The summed E-state index contributed by atoms with van der Waals surface area (Å²) in [4.78, 5) is 61.9. The number of ether oxygens (including phenoxy) is 1. The Labute approximate surface area is 276 Å². The number of nitrogens with zero attached hydrogens (tertiary/aromatic N) is 3. The van der Waals surface area contributed by atoms with E-state index in [2.05, 4.69) is 15.6 Å². The Hall–Kier alpha value is -3.51. The van der Waals surface area contributed by atoms with E-state index in [0.29, 0.717) is 25.9 Å². The molecule has 4 rings (SSSR count). The van der Waals surface area contributed by atoms with Crippen molar-refractivity contribution in [2.75, 3.05) is 19.6 Å². The van der Waals surface area contributed by atoms with E-state index < -0.39 is 41.2 Å². The molecule has 4 amide bonds. The Morgan fingerprint density at radius 3 is 2.17 bits per heavy atom. The number of piperidine rings is 1. The number of thiazole rings is 1. The molecule has 0 aliphatic carbocycles. The highest BCUT2D eigenvalue weighted by Crippen LogP contribution is 2.30. The van der Waals surface area contributed by atoms with Gasteiger partial charge in [0.15, 0.2) is 0 Å². The second-order valence-electron chi connectivity index (χ2n) is 14.6.